The Bertz CT molecular complexity index is 863. The van der Waals surface area contributed by atoms with E-state index in [0.29, 0.717) is 12.3 Å². The number of thioether (sulfide) groups is 1. The molecule has 3 rings (SSSR count). The standard InChI is InChI=1S/C19H18ClN3O2S/c1-13-4-6-14(7-5-13)18-22-23-19(25-18)21-17(24)3-2-12-26-16-10-8-15(20)9-11-16/h4-11H,2-3,12H2,1H3,(H,21,23,24). The number of hydrogen-bond donors (Lipinski definition) is 1. The van der Waals surface area contributed by atoms with Crippen molar-refractivity contribution in [3.05, 3.63) is 59.1 Å². The Hall–Kier alpha value is -2.31. The van der Waals surface area contributed by atoms with E-state index >= 15 is 0 Å². The first-order valence-electron chi connectivity index (χ1n) is 8.19. The van der Waals surface area contributed by atoms with Gasteiger partial charge < -0.3 is 4.42 Å². The van der Waals surface area contributed by atoms with Crippen molar-refractivity contribution >= 4 is 35.3 Å². The highest BCUT2D eigenvalue weighted by Crippen LogP contribution is 2.22. The predicted octanol–water partition coefficient (Wildman–Crippen LogP) is 5.21. The zero-order chi connectivity index (χ0) is 18.4. The SMILES string of the molecule is Cc1ccc(-c2nnc(NC(=O)CCCSc3ccc(Cl)cc3)o2)cc1. The zero-order valence-corrected chi connectivity index (χ0v) is 15.8. The van der Waals surface area contributed by atoms with Gasteiger partial charge in [-0.05, 0) is 55.5 Å². The van der Waals surface area contributed by atoms with Crippen molar-refractivity contribution in [1.82, 2.24) is 10.2 Å². The number of carbonyl (C=O) groups is 1. The third-order valence-corrected chi connectivity index (χ3v) is 4.95. The first-order chi connectivity index (χ1) is 12.6. The van der Waals surface area contributed by atoms with E-state index in [2.05, 4.69) is 15.5 Å². The Balaban J connectivity index is 1.43. The van der Waals surface area contributed by atoms with Gasteiger partial charge in [-0.25, -0.2) is 0 Å². The van der Waals surface area contributed by atoms with E-state index in [-0.39, 0.29) is 11.9 Å². The Kier molecular flexibility index (Phi) is 6.30. The van der Waals surface area contributed by atoms with Crippen molar-refractivity contribution in [1.29, 1.82) is 0 Å². The Labute approximate surface area is 161 Å². The topological polar surface area (TPSA) is 68.0 Å². The van der Waals surface area contributed by atoms with Crippen LogP contribution in [0.3, 0.4) is 0 Å². The van der Waals surface area contributed by atoms with Gasteiger partial charge in [-0.15, -0.1) is 16.9 Å². The number of rotatable bonds is 7. The second-order valence-corrected chi connectivity index (χ2v) is 7.34. The van der Waals surface area contributed by atoms with Crippen LogP contribution in [0.1, 0.15) is 18.4 Å². The summed E-state index contributed by atoms with van der Waals surface area (Å²) in [5, 5.41) is 11.2. The quantitative estimate of drug-likeness (QED) is 0.445. The minimum absolute atomic E-state index is 0.121. The second kappa shape index (κ2) is 8.87. The first kappa shape index (κ1) is 18.5. The fraction of sp³-hybridized carbons (Fsp3) is 0.211. The lowest BCUT2D eigenvalue weighted by molar-refractivity contribution is -0.116. The Morgan fingerprint density at radius 3 is 2.58 bits per heavy atom. The van der Waals surface area contributed by atoms with Crippen LogP contribution in [0.4, 0.5) is 6.01 Å². The van der Waals surface area contributed by atoms with E-state index in [1.54, 1.807) is 11.8 Å². The molecule has 5 nitrogen and oxygen atoms in total. The first-order valence-corrected chi connectivity index (χ1v) is 9.55. The number of aromatic nitrogens is 2. The molecule has 0 aliphatic carbocycles. The second-order valence-electron chi connectivity index (χ2n) is 5.73. The fourth-order valence-corrected chi connectivity index (χ4v) is 3.20. The normalized spacial score (nSPS) is 10.7. The van der Waals surface area contributed by atoms with Gasteiger partial charge in [0, 0.05) is 21.9 Å². The van der Waals surface area contributed by atoms with E-state index in [4.69, 9.17) is 16.0 Å². The van der Waals surface area contributed by atoms with Gasteiger partial charge in [-0.2, -0.15) is 0 Å². The molecule has 0 bridgehead atoms. The van der Waals surface area contributed by atoms with Gasteiger partial charge in [0.15, 0.2) is 0 Å². The number of benzene rings is 2. The van der Waals surface area contributed by atoms with Gasteiger partial charge >= 0.3 is 6.01 Å². The molecule has 0 unspecified atom stereocenters. The average Bonchev–Trinajstić information content (AvgIpc) is 3.09. The minimum atomic E-state index is -0.138. The number of carbonyl (C=O) groups excluding carboxylic acids is 1. The third-order valence-electron chi connectivity index (χ3n) is 3.60. The molecule has 134 valence electrons. The maximum atomic E-state index is 12.0. The van der Waals surface area contributed by atoms with Crippen LogP contribution >= 0.6 is 23.4 Å². The summed E-state index contributed by atoms with van der Waals surface area (Å²) < 4.78 is 5.50. The molecule has 0 saturated heterocycles. The van der Waals surface area contributed by atoms with Crippen molar-refractivity contribution < 1.29 is 9.21 Å². The summed E-state index contributed by atoms with van der Waals surface area (Å²) in [6.07, 6.45) is 1.14. The summed E-state index contributed by atoms with van der Waals surface area (Å²) in [5.41, 5.74) is 1.97. The molecule has 1 aromatic heterocycles. The molecule has 0 aliphatic rings. The largest absolute Gasteiger partial charge is 0.403 e. The summed E-state index contributed by atoms with van der Waals surface area (Å²) >= 11 is 7.55. The van der Waals surface area contributed by atoms with E-state index in [1.165, 1.54) is 0 Å². The highest BCUT2D eigenvalue weighted by Gasteiger charge is 2.11. The molecule has 0 spiro atoms. The van der Waals surface area contributed by atoms with Gasteiger partial charge in [0.05, 0.1) is 0 Å². The molecule has 0 saturated carbocycles. The zero-order valence-electron chi connectivity index (χ0n) is 14.2. The molecular formula is C19H18ClN3O2S. The Morgan fingerprint density at radius 2 is 1.85 bits per heavy atom. The molecule has 1 amide bonds. The number of amides is 1. The molecule has 0 fully saturated rings. The maximum absolute atomic E-state index is 12.0. The molecule has 26 heavy (non-hydrogen) atoms. The van der Waals surface area contributed by atoms with Crippen LogP contribution in [-0.4, -0.2) is 21.9 Å². The minimum Gasteiger partial charge on any atom is -0.403 e. The lowest BCUT2D eigenvalue weighted by Gasteiger charge is -2.02. The van der Waals surface area contributed by atoms with Crippen LogP contribution in [0.15, 0.2) is 57.8 Å². The van der Waals surface area contributed by atoms with Gasteiger partial charge in [-0.1, -0.05) is 34.4 Å². The van der Waals surface area contributed by atoms with Crippen molar-refractivity contribution in [3.63, 3.8) is 0 Å². The molecule has 1 heterocycles. The molecule has 3 aromatic rings. The van der Waals surface area contributed by atoms with Gasteiger partial charge in [-0.3, -0.25) is 10.1 Å². The summed E-state index contributed by atoms with van der Waals surface area (Å²) in [4.78, 5) is 13.1. The van der Waals surface area contributed by atoms with Crippen molar-refractivity contribution in [2.24, 2.45) is 0 Å². The molecule has 2 aromatic carbocycles. The lowest BCUT2D eigenvalue weighted by atomic mass is 10.1. The highest BCUT2D eigenvalue weighted by molar-refractivity contribution is 7.99. The predicted molar refractivity (Wildman–Crippen MR) is 105 cm³/mol. The van der Waals surface area contributed by atoms with Crippen LogP contribution < -0.4 is 5.32 Å². The Morgan fingerprint density at radius 1 is 1.12 bits per heavy atom. The number of hydrogen-bond acceptors (Lipinski definition) is 5. The molecular weight excluding hydrogens is 370 g/mol. The van der Waals surface area contributed by atoms with Gasteiger partial charge in [0.2, 0.25) is 11.8 Å². The summed E-state index contributed by atoms with van der Waals surface area (Å²) in [7, 11) is 0. The fourth-order valence-electron chi connectivity index (χ4n) is 2.22. The van der Waals surface area contributed by atoms with E-state index in [9.17, 15) is 4.79 Å². The number of aryl methyl sites for hydroxylation is 1. The number of nitrogens with one attached hydrogen (secondary N) is 1. The summed E-state index contributed by atoms with van der Waals surface area (Å²) in [6, 6.07) is 15.5. The summed E-state index contributed by atoms with van der Waals surface area (Å²) in [6.45, 7) is 2.01. The van der Waals surface area contributed by atoms with Crippen molar-refractivity contribution in [2.75, 3.05) is 11.1 Å². The van der Waals surface area contributed by atoms with E-state index in [1.807, 2.05) is 55.5 Å². The van der Waals surface area contributed by atoms with Gasteiger partial charge in [0.1, 0.15) is 0 Å². The van der Waals surface area contributed by atoms with Gasteiger partial charge in [0.25, 0.3) is 0 Å². The number of nitrogens with zero attached hydrogens (tertiary/aromatic N) is 2. The smallest absolute Gasteiger partial charge is 0.322 e. The van der Waals surface area contributed by atoms with Crippen LogP contribution in [0.2, 0.25) is 5.02 Å². The van der Waals surface area contributed by atoms with Crippen LogP contribution in [0.5, 0.6) is 0 Å². The number of anilines is 1. The monoisotopic (exact) mass is 387 g/mol. The average molecular weight is 388 g/mol. The summed E-state index contributed by atoms with van der Waals surface area (Å²) in [5.74, 6) is 1.09. The van der Waals surface area contributed by atoms with E-state index < -0.39 is 0 Å². The van der Waals surface area contributed by atoms with Crippen LogP contribution in [0.25, 0.3) is 11.5 Å². The van der Waals surface area contributed by atoms with Crippen molar-refractivity contribution in [2.45, 2.75) is 24.7 Å². The van der Waals surface area contributed by atoms with Crippen LogP contribution in [-0.2, 0) is 4.79 Å². The maximum Gasteiger partial charge on any atom is 0.322 e. The third kappa shape index (κ3) is 5.34. The number of halogens is 1. The molecule has 7 heteroatoms. The molecule has 1 N–H and O–H groups in total. The van der Waals surface area contributed by atoms with E-state index in [0.717, 1.165) is 33.2 Å². The van der Waals surface area contributed by atoms with Crippen molar-refractivity contribution in [3.8, 4) is 11.5 Å². The molecule has 0 aliphatic heterocycles. The molecule has 0 atom stereocenters. The molecule has 0 radical (unpaired) electrons. The highest BCUT2D eigenvalue weighted by atomic mass is 35.5. The lowest BCUT2D eigenvalue weighted by Crippen LogP contribution is -2.11. The van der Waals surface area contributed by atoms with Crippen LogP contribution in [0, 0.1) is 6.92 Å².